The minimum Gasteiger partial charge on any atom is -0.452 e. The Morgan fingerprint density at radius 1 is 0.817 bits per heavy atom. The van der Waals surface area contributed by atoms with Crippen molar-refractivity contribution in [1.29, 1.82) is 0 Å². The zero-order valence-corrected chi connectivity index (χ0v) is 34.8. The molecule has 0 bridgehead atoms. The molecule has 4 heterocycles. The molecule has 0 saturated carbocycles. The number of tetrazole rings is 1. The highest BCUT2D eigenvalue weighted by Gasteiger charge is 2.67. The number of ether oxygens (including phenoxy) is 3. The second kappa shape index (κ2) is 18.0. The van der Waals surface area contributed by atoms with Crippen molar-refractivity contribution in [3.63, 3.8) is 0 Å². The lowest BCUT2D eigenvalue weighted by Crippen LogP contribution is -2.81. The van der Waals surface area contributed by atoms with Crippen LogP contribution in [0.5, 0.6) is 0 Å². The molecule has 6 aromatic rings. The normalized spacial score (nSPS) is 17.8. The Bertz CT molecular complexity index is 2410. The molecule has 4 aromatic carbocycles. The van der Waals surface area contributed by atoms with Gasteiger partial charge in [-0.05, 0) is 60.6 Å². The van der Waals surface area contributed by atoms with Gasteiger partial charge in [-0.1, -0.05) is 133 Å². The number of carbonyl (C=O) groups excluding carboxylic acids is 4. The molecule has 2 aromatic heterocycles. The summed E-state index contributed by atoms with van der Waals surface area (Å²) in [5.41, 5.74) is 2.00. The van der Waals surface area contributed by atoms with Crippen LogP contribution in [0.2, 0.25) is 0 Å². The Morgan fingerprint density at radius 2 is 1.37 bits per heavy atom. The number of methoxy groups -OCH3 is 1. The first-order chi connectivity index (χ1) is 29.3. The fourth-order valence-electron chi connectivity index (χ4n) is 7.14. The number of fused-ring (bicyclic) bond motifs is 1. The first-order valence-corrected chi connectivity index (χ1v) is 21.8. The van der Waals surface area contributed by atoms with Crippen molar-refractivity contribution in [3.05, 3.63) is 177 Å². The molecule has 13 nitrogen and oxygen atoms in total. The van der Waals surface area contributed by atoms with Crippen molar-refractivity contribution in [2.75, 3.05) is 18.6 Å². The van der Waals surface area contributed by atoms with E-state index in [1.54, 1.807) is 23.9 Å². The van der Waals surface area contributed by atoms with Crippen molar-refractivity contribution in [2.24, 2.45) is 7.05 Å². The lowest BCUT2D eigenvalue weighted by molar-refractivity contribution is -0.194. The number of rotatable bonds is 15. The van der Waals surface area contributed by atoms with E-state index in [-0.39, 0.29) is 17.2 Å². The number of amides is 2. The third kappa shape index (κ3) is 8.10. The molecule has 2 aliphatic heterocycles. The summed E-state index contributed by atoms with van der Waals surface area (Å²) in [6.45, 7) is 0. The predicted molar refractivity (Wildman–Crippen MR) is 226 cm³/mol. The molecule has 2 amide bonds. The molecule has 304 valence electrons. The van der Waals surface area contributed by atoms with Crippen LogP contribution in [0.25, 0.3) is 0 Å². The Hall–Kier alpha value is -6.07. The lowest BCUT2D eigenvalue weighted by Gasteiger charge is -2.56. The second-order valence-electron chi connectivity index (χ2n) is 13.8. The van der Waals surface area contributed by atoms with Crippen LogP contribution in [0.4, 0.5) is 0 Å². The number of aryl methyl sites for hydroxylation is 1. The van der Waals surface area contributed by atoms with Crippen LogP contribution in [0.15, 0.2) is 155 Å². The van der Waals surface area contributed by atoms with Gasteiger partial charge in [0.15, 0.2) is 18.1 Å². The van der Waals surface area contributed by atoms with Gasteiger partial charge in [0.25, 0.3) is 11.6 Å². The Morgan fingerprint density at radius 3 is 1.85 bits per heavy atom. The summed E-state index contributed by atoms with van der Waals surface area (Å²) < 4.78 is 19.9. The molecular weight excluding hydrogens is 821 g/mol. The number of hydrogen-bond acceptors (Lipinski definition) is 13. The number of aromatic nitrogens is 4. The molecule has 1 N–H and O–H groups in total. The highest BCUT2D eigenvalue weighted by molar-refractivity contribution is 8.01. The SMILES string of the molecule is CO[C@@]1(NC(=O)C(C(=O)OC(c2ccccc2)c2ccccc2)c2ccsc2)C(=O)N2C(C(=O)OC(c3ccccc3)c3ccccc3)=C(CSc3nnnn3C)CS[C@@H]21. The van der Waals surface area contributed by atoms with Crippen LogP contribution in [-0.4, -0.2) is 78.6 Å². The van der Waals surface area contributed by atoms with E-state index in [1.165, 1.54) is 51.6 Å². The van der Waals surface area contributed by atoms with Crippen LogP contribution < -0.4 is 5.32 Å². The third-order valence-electron chi connectivity index (χ3n) is 10.1. The second-order valence-corrected chi connectivity index (χ2v) is 16.6. The Labute approximate surface area is 358 Å². The van der Waals surface area contributed by atoms with Crippen molar-refractivity contribution in [2.45, 2.75) is 34.4 Å². The summed E-state index contributed by atoms with van der Waals surface area (Å²) in [4.78, 5) is 59.4. The maximum Gasteiger partial charge on any atom is 0.356 e. The summed E-state index contributed by atoms with van der Waals surface area (Å²) >= 11 is 3.93. The first kappa shape index (κ1) is 40.7. The van der Waals surface area contributed by atoms with E-state index < -0.39 is 53.0 Å². The summed E-state index contributed by atoms with van der Waals surface area (Å²) in [7, 11) is 3.02. The standard InChI is InChI=1S/C44H38N6O7S3/c1-49-43(46-47-48-49)60-27-33-26-59-42-44(55-2,41(54)50(42)35(33)40(53)57-37(30-19-11-5-12-20-30)31-21-13-6-14-22-31)45-38(51)34(32-23-24-58-25-32)39(52)56-36(28-15-7-3-8-16-28)29-17-9-4-10-18-29/h3-25,34,36-37,42H,26-27H2,1-2H3,(H,45,51)/t34?,42-,44+/m1/s1. The van der Waals surface area contributed by atoms with Gasteiger partial charge in [0, 0.05) is 25.7 Å². The van der Waals surface area contributed by atoms with Crippen molar-refractivity contribution < 1.29 is 33.4 Å². The van der Waals surface area contributed by atoms with Gasteiger partial charge in [0.05, 0.1) is 0 Å². The molecule has 1 saturated heterocycles. The minimum absolute atomic E-state index is 0.0347. The Kier molecular flexibility index (Phi) is 12.2. The van der Waals surface area contributed by atoms with Gasteiger partial charge >= 0.3 is 11.9 Å². The van der Waals surface area contributed by atoms with Crippen LogP contribution in [-0.2, 0) is 40.4 Å². The number of nitrogens with one attached hydrogen (secondary N) is 1. The summed E-state index contributed by atoms with van der Waals surface area (Å²) in [6.07, 6.45) is -1.61. The van der Waals surface area contributed by atoms with E-state index in [9.17, 15) is 19.2 Å². The number of thiophene rings is 1. The molecule has 3 atom stereocenters. The fourth-order valence-corrected chi connectivity index (χ4v) is 10.3. The number of hydrogen-bond donors (Lipinski definition) is 1. The van der Waals surface area contributed by atoms with E-state index in [2.05, 4.69) is 20.8 Å². The van der Waals surface area contributed by atoms with Gasteiger partial charge in [-0.15, -0.1) is 16.9 Å². The summed E-state index contributed by atoms with van der Waals surface area (Å²) in [6, 6.07) is 38.9. The van der Waals surface area contributed by atoms with Gasteiger partial charge in [-0.25, -0.2) is 9.48 Å². The number of thioether (sulfide) groups is 2. The number of β-lactam (4-membered cyclic amide) rings is 1. The molecule has 0 aliphatic carbocycles. The zero-order valence-electron chi connectivity index (χ0n) is 32.3. The van der Waals surface area contributed by atoms with Crippen molar-refractivity contribution in [1.82, 2.24) is 30.4 Å². The van der Waals surface area contributed by atoms with Crippen LogP contribution in [0, 0.1) is 0 Å². The fraction of sp³-hybridized carbons (Fsp3) is 0.205. The average molecular weight is 859 g/mol. The van der Waals surface area contributed by atoms with E-state index in [4.69, 9.17) is 14.2 Å². The van der Waals surface area contributed by atoms with E-state index in [0.717, 1.165) is 22.3 Å². The van der Waals surface area contributed by atoms with Crippen molar-refractivity contribution in [3.8, 4) is 0 Å². The van der Waals surface area contributed by atoms with Crippen molar-refractivity contribution >= 4 is 58.6 Å². The highest BCUT2D eigenvalue weighted by atomic mass is 32.2. The number of benzene rings is 4. The first-order valence-electron chi connectivity index (χ1n) is 18.8. The molecule has 0 radical (unpaired) electrons. The van der Waals surface area contributed by atoms with E-state index >= 15 is 0 Å². The predicted octanol–water partition coefficient (Wildman–Crippen LogP) is 6.44. The number of carbonyl (C=O) groups is 4. The highest BCUT2D eigenvalue weighted by Crippen LogP contribution is 2.48. The topological polar surface area (TPSA) is 155 Å². The largest absolute Gasteiger partial charge is 0.452 e. The third-order valence-corrected chi connectivity index (χ3v) is 13.3. The zero-order chi connectivity index (χ0) is 41.6. The molecule has 1 unspecified atom stereocenters. The minimum atomic E-state index is -1.94. The average Bonchev–Trinajstić information content (AvgIpc) is 3.98. The summed E-state index contributed by atoms with van der Waals surface area (Å²) in [5.74, 6) is -3.99. The number of nitrogens with zero attached hydrogens (tertiary/aromatic N) is 5. The quantitative estimate of drug-likeness (QED) is 0.0397. The van der Waals surface area contributed by atoms with E-state index in [1.807, 2.05) is 121 Å². The summed E-state index contributed by atoms with van der Waals surface area (Å²) in [5, 5.41) is 17.6. The van der Waals surface area contributed by atoms with E-state index in [0.29, 0.717) is 16.3 Å². The van der Waals surface area contributed by atoms with Gasteiger partial charge in [-0.3, -0.25) is 19.3 Å². The van der Waals surface area contributed by atoms with Gasteiger partial charge in [0.1, 0.15) is 11.1 Å². The van der Waals surface area contributed by atoms with Gasteiger partial charge in [-0.2, -0.15) is 11.3 Å². The molecular formula is C44H38N6O7S3. The van der Waals surface area contributed by atoms with Crippen LogP contribution in [0.3, 0.4) is 0 Å². The smallest absolute Gasteiger partial charge is 0.356 e. The molecule has 16 heteroatoms. The number of esters is 2. The van der Waals surface area contributed by atoms with Gasteiger partial charge < -0.3 is 19.5 Å². The maximum atomic E-state index is 14.7. The van der Waals surface area contributed by atoms with Crippen LogP contribution in [0.1, 0.15) is 45.9 Å². The molecule has 1 fully saturated rings. The molecule has 2 aliphatic rings. The molecule has 0 spiro atoms. The maximum absolute atomic E-state index is 14.7. The van der Waals surface area contributed by atoms with Crippen LogP contribution >= 0.6 is 34.9 Å². The Balaban J connectivity index is 1.10. The molecule has 60 heavy (non-hydrogen) atoms. The monoisotopic (exact) mass is 858 g/mol. The molecule has 8 rings (SSSR count). The lowest BCUT2D eigenvalue weighted by atomic mass is 9.95. The van der Waals surface area contributed by atoms with Gasteiger partial charge in [0.2, 0.25) is 11.1 Å².